The first-order valence-corrected chi connectivity index (χ1v) is 5.58. The number of esters is 1. The van der Waals surface area contributed by atoms with E-state index in [4.69, 9.17) is 9.84 Å². The Morgan fingerprint density at radius 3 is 2.44 bits per heavy atom. The van der Waals surface area contributed by atoms with E-state index in [1.807, 2.05) is 13.8 Å². The Kier molecular flexibility index (Phi) is 7.33. The standard InChI is InChI=1S/C11H21NO4/c1-4-16-10(13)6-9(5-8(2)3)7-12-11(14)15/h8-9,12H,4-7H2,1-3H3,(H,14,15)/t9-/m0/s1. The fourth-order valence-corrected chi connectivity index (χ4v) is 1.59. The van der Waals surface area contributed by atoms with Crippen LogP contribution in [0.15, 0.2) is 0 Å². The number of carboxylic acid groups (broad SMARTS) is 1. The van der Waals surface area contributed by atoms with Gasteiger partial charge in [-0.15, -0.1) is 0 Å². The summed E-state index contributed by atoms with van der Waals surface area (Å²) in [6.07, 6.45) is 0.0170. The van der Waals surface area contributed by atoms with Crippen LogP contribution in [0, 0.1) is 11.8 Å². The Bertz CT molecular complexity index is 228. The maximum absolute atomic E-state index is 11.3. The molecule has 1 atom stereocenters. The molecule has 0 unspecified atom stereocenters. The highest BCUT2D eigenvalue weighted by Gasteiger charge is 2.16. The van der Waals surface area contributed by atoms with Gasteiger partial charge in [-0.2, -0.15) is 0 Å². The first-order chi connectivity index (χ1) is 7.45. The Labute approximate surface area is 96.2 Å². The quantitative estimate of drug-likeness (QED) is 0.656. The second kappa shape index (κ2) is 7.96. The van der Waals surface area contributed by atoms with Crippen molar-refractivity contribution in [1.29, 1.82) is 0 Å². The number of carbonyl (C=O) groups is 2. The average molecular weight is 231 g/mol. The smallest absolute Gasteiger partial charge is 0.404 e. The number of ether oxygens (including phenoxy) is 1. The molecule has 0 bridgehead atoms. The van der Waals surface area contributed by atoms with Crippen molar-refractivity contribution in [1.82, 2.24) is 5.32 Å². The molecule has 94 valence electrons. The van der Waals surface area contributed by atoms with E-state index in [-0.39, 0.29) is 18.3 Å². The molecule has 0 radical (unpaired) electrons. The molecular formula is C11H21NO4. The van der Waals surface area contributed by atoms with Gasteiger partial charge in [0.2, 0.25) is 0 Å². The Morgan fingerprint density at radius 1 is 1.38 bits per heavy atom. The minimum atomic E-state index is -1.06. The van der Waals surface area contributed by atoms with E-state index in [2.05, 4.69) is 5.32 Å². The third-order valence-corrected chi connectivity index (χ3v) is 2.11. The largest absolute Gasteiger partial charge is 0.466 e. The lowest BCUT2D eigenvalue weighted by Gasteiger charge is -2.17. The third-order valence-electron chi connectivity index (χ3n) is 2.11. The Morgan fingerprint density at radius 2 is 2.00 bits per heavy atom. The van der Waals surface area contributed by atoms with Crippen molar-refractivity contribution in [2.45, 2.75) is 33.6 Å². The van der Waals surface area contributed by atoms with Crippen molar-refractivity contribution in [2.24, 2.45) is 11.8 Å². The molecule has 0 aromatic rings. The summed E-state index contributed by atoms with van der Waals surface area (Å²) in [7, 11) is 0. The van der Waals surface area contributed by atoms with Crippen LogP contribution in [0.3, 0.4) is 0 Å². The van der Waals surface area contributed by atoms with E-state index >= 15 is 0 Å². The summed E-state index contributed by atoms with van der Waals surface area (Å²) >= 11 is 0. The van der Waals surface area contributed by atoms with Gasteiger partial charge in [-0.1, -0.05) is 13.8 Å². The van der Waals surface area contributed by atoms with E-state index in [1.165, 1.54) is 0 Å². The summed E-state index contributed by atoms with van der Waals surface area (Å²) in [6.45, 7) is 6.49. The Hall–Kier alpha value is -1.26. The van der Waals surface area contributed by atoms with Crippen molar-refractivity contribution < 1.29 is 19.4 Å². The van der Waals surface area contributed by atoms with Gasteiger partial charge < -0.3 is 15.2 Å². The van der Waals surface area contributed by atoms with Crippen molar-refractivity contribution in [3.63, 3.8) is 0 Å². The monoisotopic (exact) mass is 231 g/mol. The lowest BCUT2D eigenvalue weighted by atomic mass is 9.94. The van der Waals surface area contributed by atoms with Gasteiger partial charge in [0.05, 0.1) is 13.0 Å². The molecule has 0 aromatic carbocycles. The van der Waals surface area contributed by atoms with E-state index in [0.29, 0.717) is 19.1 Å². The summed E-state index contributed by atoms with van der Waals surface area (Å²) in [5.41, 5.74) is 0. The highest BCUT2D eigenvalue weighted by molar-refractivity contribution is 5.70. The third kappa shape index (κ3) is 8.08. The highest BCUT2D eigenvalue weighted by atomic mass is 16.5. The molecule has 0 aliphatic rings. The number of amides is 1. The van der Waals surface area contributed by atoms with Gasteiger partial charge >= 0.3 is 12.1 Å². The van der Waals surface area contributed by atoms with E-state index < -0.39 is 6.09 Å². The van der Waals surface area contributed by atoms with Gasteiger partial charge in [0.15, 0.2) is 0 Å². The molecular weight excluding hydrogens is 210 g/mol. The fraction of sp³-hybridized carbons (Fsp3) is 0.818. The van der Waals surface area contributed by atoms with Gasteiger partial charge in [-0.3, -0.25) is 4.79 Å². The molecule has 0 aliphatic heterocycles. The zero-order chi connectivity index (χ0) is 12.6. The second-order valence-corrected chi connectivity index (χ2v) is 4.19. The lowest BCUT2D eigenvalue weighted by Crippen LogP contribution is -2.30. The molecule has 0 aliphatic carbocycles. The summed E-state index contributed by atoms with van der Waals surface area (Å²) in [4.78, 5) is 21.7. The molecule has 0 fully saturated rings. The summed E-state index contributed by atoms with van der Waals surface area (Å²) in [5.74, 6) is 0.172. The number of rotatable bonds is 7. The van der Waals surface area contributed by atoms with E-state index in [1.54, 1.807) is 6.92 Å². The molecule has 16 heavy (non-hydrogen) atoms. The molecule has 5 heteroatoms. The molecule has 0 spiro atoms. The van der Waals surface area contributed by atoms with Crippen LogP contribution >= 0.6 is 0 Å². The van der Waals surface area contributed by atoms with Crippen LogP contribution in [-0.4, -0.2) is 30.3 Å². The van der Waals surface area contributed by atoms with Crippen LogP contribution in [0.2, 0.25) is 0 Å². The van der Waals surface area contributed by atoms with Crippen LogP contribution in [0.5, 0.6) is 0 Å². The number of carbonyl (C=O) groups excluding carboxylic acids is 1. The van der Waals surface area contributed by atoms with Crippen molar-refractivity contribution in [3.05, 3.63) is 0 Å². The van der Waals surface area contributed by atoms with Crippen molar-refractivity contribution >= 4 is 12.1 Å². The van der Waals surface area contributed by atoms with Gasteiger partial charge in [0.25, 0.3) is 0 Å². The molecule has 0 saturated carbocycles. The van der Waals surface area contributed by atoms with Gasteiger partial charge in [0.1, 0.15) is 0 Å². The van der Waals surface area contributed by atoms with E-state index in [0.717, 1.165) is 6.42 Å². The minimum Gasteiger partial charge on any atom is -0.466 e. The number of nitrogens with one attached hydrogen (secondary N) is 1. The van der Waals surface area contributed by atoms with Crippen molar-refractivity contribution in [3.8, 4) is 0 Å². The van der Waals surface area contributed by atoms with Crippen molar-refractivity contribution in [2.75, 3.05) is 13.2 Å². The summed E-state index contributed by atoms with van der Waals surface area (Å²) in [6, 6.07) is 0. The molecule has 1 amide bonds. The van der Waals surface area contributed by atoms with Gasteiger partial charge in [-0.25, -0.2) is 4.79 Å². The molecule has 5 nitrogen and oxygen atoms in total. The van der Waals surface area contributed by atoms with Crippen LogP contribution in [-0.2, 0) is 9.53 Å². The summed E-state index contributed by atoms with van der Waals surface area (Å²) in [5, 5.41) is 10.8. The summed E-state index contributed by atoms with van der Waals surface area (Å²) < 4.78 is 4.85. The predicted octanol–water partition coefficient (Wildman–Crippen LogP) is 1.87. The topological polar surface area (TPSA) is 75.6 Å². The molecule has 0 heterocycles. The Balaban J connectivity index is 4.08. The molecule has 0 aromatic heterocycles. The average Bonchev–Trinajstić information content (AvgIpc) is 2.13. The normalized spacial score (nSPS) is 12.2. The molecule has 0 rings (SSSR count). The number of hydrogen-bond acceptors (Lipinski definition) is 3. The number of hydrogen-bond donors (Lipinski definition) is 2. The highest BCUT2D eigenvalue weighted by Crippen LogP contribution is 2.15. The second-order valence-electron chi connectivity index (χ2n) is 4.19. The maximum atomic E-state index is 11.3. The zero-order valence-corrected chi connectivity index (χ0v) is 10.2. The maximum Gasteiger partial charge on any atom is 0.404 e. The van der Waals surface area contributed by atoms with Crippen LogP contribution < -0.4 is 5.32 Å². The van der Waals surface area contributed by atoms with E-state index in [9.17, 15) is 9.59 Å². The predicted molar refractivity (Wildman–Crippen MR) is 60.2 cm³/mol. The zero-order valence-electron chi connectivity index (χ0n) is 10.2. The fourth-order valence-electron chi connectivity index (χ4n) is 1.59. The lowest BCUT2D eigenvalue weighted by molar-refractivity contribution is -0.144. The SMILES string of the molecule is CCOC(=O)C[C@@H](CNC(=O)O)CC(C)C. The van der Waals surface area contributed by atoms with Gasteiger partial charge in [0, 0.05) is 6.54 Å². The molecule has 2 N–H and O–H groups in total. The first-order valence-electron chi connectivity index (χ1n) is 5.58. The van der Waals surface area contributed by atoms with Crippen LogP contribution in [0.4, 0.5) is 4.79 Å². The van der Waals surface area contributed by atoms with Crippen LogP contribution in [0.25, 0.3) is 0 Å². The van der Waals surface area contributed by atoms with Gasteiger partial charge in [-0.05, 0) is 25.2 Å². The first kappa shape index (κ1) is 14.7. The van der Waals surface area contributed by atoms with Crippen LogP contribution in [0.1, 0.15) is 33.6 Å². The molecule has 0 saturated heterocycles. The minimum absolute atomic E-state index is 0.00940.